The zero-order chi connectivity index (χ0) is 10.7. The summed E-state index contributed by atoms with van der Waals surface area (Å²) in [6.45, 7) is 8.97. The molecule has 0 fully saturated rings. The van der Waals surface area contributed by atoms with E-state index in [1.54, 1.807) is 0 Å². The summed E-state index contributed by atoms with van der Waals surface area (Å²) < 4.78 is 1.88. The van der Waals surface area contributed by atoms with E-state index in [-0.39, 0.29) is 12.0 Å². The topological polar surface area (TPSA) is 38.1 Å². The van der Waals surface area contributed by atoms with Gasteiger partial charge in [0, 0.05) is 6.54 Å². The van der Waals surface area contributed by atoms with Crippen LogP contribution in [-0.2, 0) is 6.54 Å². The van der Waals surface area contributed by atoms with Crippen molar-refractivity contribution in [1.29, 1.82) is 0 Å². The van der Waals surface area contributed by atoms with Crippen molar-refractivity contribution in [3.8, 4) is 0 Å². The van der Waals surface area contributed by atoms with Crippen LogP contribution in [0.4, 0.5) is 0 Å². The molecule has 0 aliphatic carbocycles. The molecule has 0 spiro atoms. The number of hydrogen-bond donors (Lipinski definition) is 1. The molecule has 1 aromatic heterocycles. The molecule has 1 rings (SSSR count). The molecule has 2 unspecified atom stereocenters. The lowest BCUT2D eigenvalue weighted by molar-refractivity contribution is 0.106. The van der Waals surface area contributed by atoms with Gasteiger partial charge >= 0.3 is 0 Å². The molecule has 3 nitrogen and oxygen atoms in total. The molecule has 3 heteroatoms. The lowest BCUT2D eigenvalue weighted by atomic mass is 9.99. The van der Waals surface area contributed by atoms with Gasteiger partial charge in [-0.1, -0.05) is 20.3 Å². The van der Waals surface area contributed by atoms with Crippen LogP contribution in [0.1, 0.15) is 44.7 Å². The monoisotopic (exact) mass is 196 g/mol. The molecule has 2 atom stereocenters. The average Bonchev–Trinajstić information content (AvgIpc) is 2.57. The third kappa shape index (κ3) is 2.15. The van der Waals surface area contributed by atoms with Crippen LogP contribution in [0.2, 0.25) is 0 Å². The van der Waals surface area contributed by atoms with Crippen molar-refractivity contribution in [1.82, 2.24) is 9.78 Å². The van der Waals surface area contributed by atoms with Crippen LogP contribution >= 0.6 is 0 Å². The highest BCUT2D eigenvalue weighted by Crippen LogP contribution is 2.24. The van der Waals surface area contributed by atoms with Crippen molar-refractivity contribution in [2.45, 2.75) is 46.8 Å². The molecule has 0 bridgehead atoms. The van der Waals surface area contributed by atoms with Crippen molar-refractivity contribution in [3.05, 3.63) is 17.5 Å². The Morgan fingerprint density at radius 3 is 2.64 bits per heavy atom. The summed E-state index contributed by atoms with van der Waals surface area (Å²) in [5.74, 6) is 0.288. The molecule has 0 radical (unpaired) electrons. The Kier molecular flexibility index (Phi) is 3.69. The number of aryl methyl sites for hydroxylation is 2. The Bertz CT molecular complexity index is 293. The second-order valence-corrected chi connectivity index (χ2v) is 3.86. The molecule has 0 aliphatic heterocycles. The third-order valence-electron chi connectivity index (χ3n) is 2.72. The molecule has 1 heterocycles. The second kappa shape index (κ2) is 4.60. The standard InChI is InChI=1S/C11H20N2O/c1-5-8(3)11(14)10-7-9(4)12-13(10)6-2/h7-8,11,14H,5-6H2,1-4H3. The van der Waals surface area contributed by atoms with Gasteiger partial charge in [0.05, 0.1) is 17.5 Å². The fraction of sp³-hybridized carbons (Fsp3) is 0.727. The third-order valence-corrected chi connectivity index (χ3v) is 2.72. The van der Waals surface area contributed by atoms with Gasteiger partial charge in [-0.2, -0.15) is 5.10 Å². The first-order chi connectivity index (χ1) is 6.60. The van der Waals surface area contributed by atoms with Gasteiger partial charge in [-0.3, -0.25) is 4.68 Å². The lowest BCUT2D eigenvalue weighted by Crippen LogP contribution is -2.13. The van der Waals surface area contributed by atoms with E-state index in [0.29, 0.717) is 0 Å². The van der Waals surface area contributed by atoms with Gasteiger partial charge in [-0.15, -0.1) is 0 Å². The Labute approximate surface area is 85.8 Å². The summed E-state index contributed by atoms with van der Waals surface area (Å²) in [7, 11) is 0. The van der Waals surface area contributed by atoms with Crippen LogP contribution in [-0.4, -0.2) is 14.9 Å². The first kappa shape index (κ1) is 11.2. The molecule has 14 heavy (non-hydrogen) atoms. The number of hydrogen-bond acceptors (Lipinski definition) is 2. The largest absolute Gasteiger partial charge is 0.387 e. The van der Waals surface area contributed by atoms with E-state index in [9.17, 15) is 5.11 Å². The zero-order valence-electron chi connectivity index (χ0n) is 9.49. The summed E-state index contributed by atoms with van der Waals surface area (Å²) >= 11 is 0. The van der Waals surface area contributed by atoms with Gasteiger partial charge in [0.15, 0.2) is 0 Å². The molecule has 0 saturated heterocycles. The van der Waals surface area contributed by atoms with Crippen molar-refractivity contribution in [3.63, 3.8) is 0 Å². The van der Waals surface area contributed by atoms with E-state index < -0.39 is 0 Å². The predicted octanol–water partition coefficient (Wildman–Crippen LogP) is 2.29. The Balaban J connectivity index is 2.93. The van der Waals surface area contributed by atoms with Crippen LogP contribution < -0.4 is 0 Å². The van der Waals surface area contributed by atoms with Crippen molar-refractivity contribution in [2.24, 2.45) is 5.92 Å². The highest BCUT2D eigenvalue weighted by molar-refractivity contribution is 5.12. The number of aliphatic hydroxyl groups is 1. The van der Waals surface area contributed by atoms with E-state index in [1.807, 2.05) is 24.6 Å². The predicted molar refractivity (Wildman–Crippen MR) is 57.1 cm³/mol. The lowest BCUT2D eigenvalue weighted by Gasteiger charge is -2.17. The van der Waals surface area contributed by atoms with E-state index >= 15 is 0 Å². The summed E-state index contributed by atoms with van der Waals surface area (Å²) in [6.07, 6.45) is 0.593. The van der Waals surface area contributed by atoms with Gasteiger partial charge in [-0.25, -0.2) is 0 Å². The summed E-state index contributed by atoms with van der Waals surface area (Å²) in [6, 6.07) is 1.97. The average molecular weight is 196 g/mol. The van der Waals surface area contributed by atoms with E-state index in [4.69, 9.17) is 0 Å². The van der Waals surface area contributed by atoms with Crippen molar-refractivity contribution < 1.29 is 5.11 Å². The van der Waals surface area contributed by atoms with E-state index in [0.717, 1.165) is 24.4 Å². The van der Waals surface area contributed by atoms with Gasteiger partial charge in [0.25, 0.3) is 0 Å². The highest BCUT2D eigenvalue weighted by atomic mass is 16.3. The van der Waals surface area contributed by atoms with Crippen molar-refractivity contribution in [2.75, 3.05) is 0 Å². The molecule has 0 saturated carbocycles. The van der Waals surface area contributed by atoms with Crippen LogP contribution in [0.5, 0.6) is 0 Å². The van der Waals surface area contributed by atoms with Crippen LogP contribution in [0.3, 0.4) is 0 Å². The van der Waals surface area contributed by atoms with E-state index in [1.165, 1.54) is 0 Å². The first-order valence-electron chi connectivity index (χ1n) is 5.32. The van der Waals surface area contributed by atoms with Gasteiger partial charge < -0.3 is 5.11 Å². The summed E-state index contributed by atoms with van der Waals surface area (Å²) in [5, 5.41) is 14.4. The van der Waals surface area contributed by atoms with Crippen LogP contribution in [0.15, 0.2) is 6.07 Å². The summed E-state index contributed by atoms with van der Waals surface area (Å²) in [4.78, 5) is 0. The van der Waals surface area contributed by atoms with Crippen molar-refractivity contribution >= 4 is 0 Å². The number of rotatable bonds is 4. The maximum Gasteiger partial charge on any atom is 0.0982 e. The minimum absolute atomic E-state index is 0.288. The maximum atomic E-state index is 10.1. The minimum Gasteiger partial charge on any atom is -0.387 e. The van der Waals surface area contributed by atoms with Gasteiger partial charge in [0.2, 0.25) is 0 Å². The molecular weight excluding hydrogens is 176 g/mol. The first-order valence-corrected chi connectivity index (χ1v) is 5.32. The molecular formula is C11H20N2O. The Morgan fingerprint density at radius 2 is 2.14 bits per heavy atom. The fourth-order valence-corrected chi connectivity index (χ4v) is 1.57. The number of nitrogens with zero attached hydrogens (tertiary/aromatic N) is 2. The van der Waals surface area contributed by atoms with Gasteiger partial charge in [0.1, 0.15) is 0 Å². The van der Waals surface area contributed by atoms with Gasteiger partial charge in [-0.05, 0) is 25.8 Å². The SMILES string of the molecule is CCC(C)C(O)c1cc(C)nn1CC. The molecule has 1 N–H and O–H groups in total. The highest BCUT2D eigenvalue weighted by Gasteiger charge is 2.19. The molecule has 0 aliphatic rings. The smallest absolute Gasteiger partial charge is 0.0982 e. The normalized spacial score (nSPS) is 15.5. The second-order valence-electron chi connectivity index (χ2n) is 3.86. The molecule has 0 amide bonds. The van der Waals surface area contributed by atoms with Crippen LogP contribution in [0.25, 0.3) is 0 Å². The quantitative estimate of drug-likeness (QED) is 0.802. The molecule has 80 valence electrons. The molecule has 0 aromatic carbocycles. The number of aliphatic hydroxyl groups excluding tert-OH is 1. The molecule has 1 aromatic rings. The van der Waals surface area contributed by atoms with E-state index in [2.05, 4.69) is 18.9 Å². The zero-order valence-corrected chi connectivity index (χ0v) is 9.49. The maximum absolute atomic E-state index is 10.1. The summed E-state index contributed by atoms with van der Waals surface area (Å²) in [5.41, 5.74) is 1.92. The number of aromatic nitrogens is 2. The van der Waals surface area contributed by atoms with Crippen LogP contribution in [0, 0.1) is 12.8 Å². The Hall–Kier alpha value is -0.830. The Morgan fingerprint density at radius 1 is 1.50 bits per heavy atom. The minimum atomic E-state index is -0.388. The fourth-order valence-electron chi connectivity index (χ4n) is 1.57.